The van der Waals surface area contributed by atoms with Crippen molar-refractivity contribution in [2.45, 2.75) is 26.2 Å². The quantitative estimate of drug-likeness (QED) is 0.863. The summed E-state index contributed by atoms with van der Waals surface area (Å²) in [7, 11) is 0. The van der Waals surface area contributed by atoms with Gasteiger partial charge in [0, 0.05) is 4.88 Å². The molecule has 1 amide bonds. The average molecular weight is 321 g/mol. The SMILES string of the molecule is C[C@H]1CCc2c(sc(N)c2C(=O)Nc2ccccc2Cl)C1. The lowest BCUT2D eigenvalue weighted by Gasteiger charge is -2.18. The Morgan fingerprint density at radius 2 is 2.19 bits per heavy atom. The smallest absolute Gasteiger partial charge is 0.258 e. The molecule has 1 aromatic heterocycles. The van der Waals surface area contributed by atoms with Gasteiger partial charge >= 0.3 is 0 Å². The molecule has 0 saturated heterocycles. The van der Waals surface area contributed by atoms with Crippen LogP contribution in [-0.2, 0) is 12.8 Å². The summed E-state index contributed by atoms with van der Waals surface area (Å²) in [6.07, 6.45) is 3.05. The van der Waals surface area contributed by atoms with Crippen LogP contribution < -0.4 is 11.1 Å². The lowest BCUT2D eigenvalue weighted by Crippen LogP contribution is -2.17. The summed E-state index contributed by atoms with van der Waals surface area (Å²) < 4.78 is 0. The van der Waals surface area contributed by atoms with E-state index in [-0.39, 0.29) is 5.91 Å². The summed E-state index contributed by atoms with van der Waals surface area (Å²) in [5, 5.41) is 4.01. The topological polar surface area (TPSA) is 55.1 Å². The van der Waals surface area contributed by atoms with E-state index in [9.17, 15) is 4.79 Å². The molecular weight excluding hydrogens is 304 g/mol. The number of nitrogens with one attached hydrogen (secondary N) is 1. The number of anilines is 2. The molecule has 1 aromatic carbocycles. The van der Waals surface area contributed by atoms with Gasteiger partial charge in [-0.3, -0.25) is 4.79 Å². The van der Waals surface area contributed by atoms with Crippen molar-refractivity contribution < 1.29 is 4.79 Å². The number of rotatable bonds is 2. The normalized spacial score (nSPS) is 17.3. The molecule has 0 aliphatic heterocycles. The molecule has 3 N–H and O–H groups in total. The summed E-state index contributed by atoms with van der Waals surface area (Å²) in [6, 6.07) is 7.22. The Morgan fingerprint density at radius 3 is 2.95 bits per heavy atom. The molecule has 1 aliphatic carbocycles. The zero-order valence-electron chi connectivity index (χ0n) is 11.8. The van der Waals surface area contributed by atoms with Crippen LogP contribution in [0.25, 0.3) is 0 Å². The number of carbonyl (C=O) groups is 1. The van der Waals surface area contributed by atoms with Crippen LogP contribution in [-0.4, -0.2) is 5.91 Å². The second-order valence-corrected chi connectivity index (χ2v) is 7.07. The molecule has 0 radical (unpaired) electrons. The van der Waals surface area contributed by atoms with Crippen LogP contribution in [0.1, 0.15) is 34.1 Å². The summed E-state index contributed by atoms with van der Waals surface area (Å²) in [5.74, 6) is 0.502. The maximum Gasteiger partial charge on any atom is 0.258 e. The number of nitrogens with two attached hydrogens (primary N) is 1. The van der Waals surface area contributed by atoms with Gasteiger partial charge in [0.2, 0.25) is 0 Å². The standard InChI is InChI=1S/C16H17ClN2OS/c1-9-6-7-10-13(8-9)21-15(18)14(10)16(20)19-12-5-3-2-4-11(12)17/h2-5,9H,6-8,18H2,1H3,(H,19,20)/t9-/m0/s1. The number of para-hydroxylation sites is 1. The predicted molar refractivity (Wildman–Crippen MR) is 89.3 cm³/mol. The third kappa shape index (κ3) is 2.78. The van der Waals surface area contributed by atoms with Crippen molar-refractivity contribution in [2.75, 3.05) is 11.1 Å². The number of halogens is 1. The van der Waals surface area contributed by atoms with E-state index >= 15 is 0 Å². The highest BCUT2D eigenvalue weighted by molar-refractivity contribution is 7.16. The van der Waals surface area contributed by atoms with Crippen molar-refractivity contribution in [3.8, 4) is 0 Å². The Kier molecular flexibility index (Phi) is 3.91. The van der Waals surface area contributed by atoms with Gasteiger partial charge in [-0.25, -0.2) is 0 Å². The minimum absolute atomic E-state index is 0.160. The van der Waals surface area contributed by atoms with Gasteiger partial charge in [-0.1, -0.05) is 30.7 Å². The van der Waals surface area contributed by atoms with Gasteiger partial charge < -0.3 is 11.1 Å². The van der Waals surface area contributed by atoms with E-state index in [1.807, 2.05) is 12.1 Å². The van der Waals surface area contributed by atoms with Gasteiger partial charge in [0.15, 0.2) is 0 Å². The third-order valence-electron chi connectivity index (χ3n) is 3.89. The Hall–Kier alpha value is -1.52. The Morgan fingerprint density at radius 1 is 1.43 bits per heavy atom. The fraction of sp³-hybridized carbons (Fsp3) is 0.312. The average Bonchev–Trinajstić information content (AvgIpc) is 2.76. The van der Waals surface area contributed by atoms with Crippen LogP contribution >= 0.6 is 22.9 Å². The Balaban J connectivity index is 1.91. The predicted octanol–water partition coefficient (Wildman–Crippen LogP) is 4.36. The number of thiophene rings is 1. The zero-order valence-corrected chi connectivity index (χ0v) is 13.4. The highest BCUT2D eigenvalue weighted by Gasteiger charge is 2.26. The second kappa shape index (κ2) is 5.70. The first-order valence-electron chi connectivity index (χ1n) is 7.02. The third-order valence-corrected chi connectivity index (χ3v) is 5.30. The van der Waals surface area contributed by atoms with Crippen molar-refractivity contribution in [1.29, 1.82) is 0 Å². The molecule has 110 valence electrons. The van der Waals surface area contributed by atoms with Gasteiger partial charge in [-0.2, -0.15) is 0 Å². The van der Waals surface area contributed by atoms with E-state index in [4.69, 9.17) is 17.3 Å². The van der Waals surface area contributed by atoms with E-state index in [2.05, 4.69) is 12.2 Å². The molecule has 2 aromatic rings. The number of hydrogen-bond donors (Lipinski definition) is 2. The molecule has 0 saturated carbocycles. The second-order valence-electron chi connectivity index (χ2n) is 5.52. The van der Waals surface area contributed by atoms with Gasteiger partial charge in [0.1, 0.15) is 0 Å². The molecule has 0 fully saturated rings. The molecule has 0 bridgehead atoms. The number of hydrogen-bond acceptors (Lipinski definition) is 3. The Bertz CT molecular complexity index is 696. The number of carbonyl (C=O) groups excluding carboxylic acids is 1. The largest absolute Gasteiger partial charge is 0.390 e. The molecule has 1 aliphatic rings. The van der Waals surface area contributed by atoms with Crippen LogP contribution in [0.15, 0.2) is 24.3 Å². The first-order chi connectivity index (χ1) is 10.1. The van der Waals surface area contributed by atoms with Crippen LogP contribution in [0.4, 0.5) is 10.7 Å². The highest BCUT2D eigenvalue weighted by atomic mass is 35.5. The Labute approximate surface area is 133 Å². The first kappa shape index (κ1) is 14.4. The minimum atomic E-state index is -0.160. The molecule has 0 spiro atoms. The highest BCUT2D eigenvalue weighted by Crippen LogP contribution is 2.38. The van der Waals surface area contributed by atoms with Gasteiger partial charge in [-0.15, -0.1) is 11.3 Å². The zero-order chi connectivity index (χ0) is 15.0. The van der Waals surface area contributed by atoms with Crippen molar-refractivity contribution in [3.63, 3.8) is 0 Å². The van der Waals surface area contributed by atoms with E-state index in [1.54, 1.807) is 23.5 Å². The van der Waals surface area contributed by atoms with Crippen LogP contribution in [0.5, 0.6) is 0 Å². The first-order valence-corrected chi connectivity index (χ1v) is 8.21. The van der Waals surface area contributed by atoms with Crippen molar-refractivity contribution >= 4 is 39.5 Å². The van der Waals surface area contributed by atoms with Crippen molar-refractivity contribution in [1.82, 2.24) is 0 Å². The minimum Gasteiger partial charge on any atom is -0.390 e. The fourth-order valence-corrected chi connectivity index (χ4v) is 4.23. The van der Waals surface area contributed by atoms with Crippen molar-refractivity contribution in [3.05, 3.63) is 45.3 Å². The number of amides is 1. The van der Waals surface area contributed by atoms with Crippen LogP contribution in [0, 0.1) is 5.92 Å². The van der Waals surface area contributed by atoms with Gasteiger partial charge in [0.25, 0.3) is 5.91 Å². The van der Waals surface area contributed by atoms with Gasteiger partial charge in [-0.05, 0) is 42.9 Å². The van der Waals surface area contributed by atoms with Crippen LogP contribution in [0.2, 0.25) is 5.02 Å². The molecule has 0 unspecified atom stereocenters. The monoisotopic (exact) mass is 320 g/mol. The summed E-state index contributed by atoms with van der Waals surface area (Å²) in [6.45, 7) is 2.24. The number of fused-ring (bicyclic) bond motifs is 1. The summed E-state index contributed by atoms with van der Waals surface area (Å²) in [5.41, 5.74) is 8.47. The van der Waals surface area contributed by atoms with Crippen molar-refractivity contribution in [2.24, 2.45) is 5.92 Å². The lowest BCUT2D eigenvalue weighted by molar-refractivity contribution is 0.102. The van der Waals surface area contributed by atoms with E-state index < -0.39 is 0 Å². The number of benzene rings is 1. The van der Waals surface area contributed by atoms with E-state index in [0.29, 0.717) is 27.2 Å². The molecule has 5 heteroatoms. The molecular formula is C16H17ClN2OS. The van der Waals surface area contributed by atoms with E-state index in [0.717, 1.165) is 24.8 Å². The molecule has 21 heavy (non-hydrogen) atoms. The van der Waals surface area contributed by atoms with E-state index in [1.165, 1.54) is 4.88 Å². The maximum absolute atomic E-state index is 12.6. The van der Waals surface area contributed by atoms with Crippen LogP contribution in [0.3, 0.4) is 0 Å². The summed E-state index contributed by atoms with van der Waals surface area (Å²) >= 11 is 7.64. The fourth-order valence-electron chi connectivity index (χ4n) is 2.77. The summed E-state index contributed by atoms with van der Waals surface area (Å²) in [4.78, 5) is 13.8. The number of nitrogen functional groups attached to an aromatic ring is 1. The maximum atomic E-state index is 12.6. The molecule has 1 atom stereocenters. The lowest BCUT2D eigenvalue weighted by atomic mass is 9.88. The molecule has 1 heterocycles. The van der Waals surface area contributed by atoms with Gasteiger partial charge in [0.05, 0.1) is 21.3 Å². The molecule has 3 nitrogen and oxygen atoms in total. The molecule has 3 rings (SSSR count).